The number of nitrogens with zero attached hydrogens (tertiary/aromatic N) is 1. The number of nitrogens with one attached hydrogen (secondary N) is 2. The molecule has 2 aromatic carbocycles. The quantitative estimate of drug-likeness (QED) is 0.169. The Morgan fingerprint density at radius 3 is 2.23 bits per heavy atom. The van der Waals surface area contributed by atoms with Crippen molar-refractivity contribution in [2.45, 2.75) is 52.2 Å². The van der Waals surface area contributed by atoms with Crippen molar-refractivity contribution < 1.29 is 28.6 Å². The first-order chi connectivity index (χ1) is 18.3. The molecule has 4 amide bonds. The number of amides is 4. The van der Waals surface area contributed by atoms with Gasteiger partial charge in [-0.3, -0.25) is 24.1 Å². The van der Waals surface area contributed by atoms with Crippen LogP contribution in [0.1, 0.15) is 61.3 Å². The Balaban J connectivity index is 2.00. The molecule has 0 aliphatic carbocycles. The van der Waals surface area contributed by atoms with Crippen LogP contribution in [0.15, 0.2) is 28.7 Å². The zero-order chi connectivity index (χ0) is 29.2. The molecule has 210 valence electrons. The van der Waals surface area contributed by atoms with Gasteiger partial charge in [0.25, 0.3) is 11.8 Å². The normalized spacial score (nSPS) is 15.9. The fraction of sp³-hybridized carbons (Fsp3) is 0.481. The molecule has 5 N–H and O–H groups in total. The molecule has 3 unspecified atom stereocenters. The predicted octanol–water partition coefficient (Wildman–Crippen LogP) is 3.82. The minimum Gasteiger partial charge on any atom is -0.397 e. The van der Waals surface area contributed by atoms with Crippen molar-refractivity contribution in [3.63, 3.8) is 0 Å². The van der Waals surface area contributed by atoms with Gasteiger partial charge in [-0.15, -0.1) is 0 Å². The number of nitrogens with two attached hydrogens (primary N) is 1. The molecular formula is C27H35BrN4O6P+. The van der Waals surface area contributed by atoms with Crippen LogP contribution < -0.4 is 16.4 Å². The molecule has 1 aliphatic heterocycles. The Kier molecular flexibility index (Phi) is 9.85. The first-order valence-corrected chi connectivity index (χ1v) is 14.9. The summed E-state index contributed by atoms with van der Waals surface area (Å²) in [4.78, 5) is 64.4. The molecule has 0 fully saturated rings. The van der Waals surface area contributed by atoms with Gasteiger partial charge in [0.15, 0.2) is 0 Å². The predicted molar refractivity (Wildman–Crippen MR) is 153 cm³/mol. The van der Waals surface area contributed by atoms with Crippen molar-refractivity contribution in [1.29, 1.82) is 0 Å². The number of rotatable bonds is 11. The average molecular weight is 622 g/mol. The molecular weight excluding hydrogens is 587 g/mol. The van der Waals surface area contributed by atoms with E-state index in [9.17, 15) is 28.6 Å². The average Bonchev–Trinajstić information content (AvgIpc) is 2.87. The Morgan fingerprint density at radius 1 is 1.05 bits per heavy atom. The third-order valence-corrected chi connectivity index (χ3v) is 8.62. The van der Waals surface area contributed by atoms with Crippen LogP contribution in [0.3, 0.4) is 0 Å². The molecule has 4 atom stereocenters. The van der Waals surface area contributed by atoms with Gasteiger partial charge in [-0.25, -0.2) is 0 Å². The van der Waals surface area contributed by atoms with E-state index in [0.717, 1.165) is 4.90 Å². The topological polar surface area (TPSA) is 159 Å². The van der Waals surface area contributed by atoms with Gasteiger partial charge in [-0.2, -0.15) is 4.89 Å². The third kappa shape index (κ3) is 6.48. The molecule has 0 spiro atoms. The van der Waals surface area contributed by atoms with E-state index in [2.05, 4.69) is 26.6 Å². The number of hydrogen-bond donors (Lipinski definition) is 4. The molecule has 0 bridgehead atoms. The number of carbonyl (C=O) groups excluding carboxylic acids is 4. The highest BCUT2D eigenvalue weighted by Crippen LogP contribution is 2.40. The summed E-state index contributed by atoms with van der Waals surface area (Å²) >= 11 is 3.37. The number of anilines is 1. The van der Waals surface area contributed by atoms with Gasteiger partial charge in [0.2, 0.25) is 17.5 Å². The number of halogens is 1. The number of benzene rings is 2. The second-order valence-electron chi connectivity index (χ2n) is 10.7. The number of likely N-dealkylation sites (N-methyl/N-ethyl adjacent to an activating group) is 1. The van der Waals surface area contributed by atoms with Crippen LogP contribution in [0.5, 0.6) is 0 Å². The summed E-state index contributed by atoms with van der Waals surface area (Å²) in [5.74, 6) is -3.21. The van der Waals surface area contributed by atoms with Crippen molar-refractivity contribution >= 4 is 64.0 Å². The van der Waals surface area contributed by atoms with Crippen LogP contribution in [0.2, 0.25) is 0 Å². The van der Waals surface area contributed by atoms with E-state index < -0.39 is 49.9 Å². The number of carbonyl (C=O) groups is 4. The van der Waals surface area contributed by atoms with Crippen LogP contribution >= 0.6 is 24.0 Å². The van der Waals surface area contributed by atoms with Gasteiger partial charge < -0.3 is 16.4 Å². The number of imide groups is 1. The molecule has 3 rings (SSSR count). The zero-order valence-electron chi connectivity index (χ0n) is 22.7. The van der Waals surface area contributed by atoms with Crippen molar-refractivity contribution in [3.8, 4) is 0 Å². The van der Waals surface area contributed by atoms with Crippen LogP contribution in [-0.2, 0) is 14.2 Å². The lowest BCUT2D eigenvalue weighted by Crippen LogP contribution is -2.52. The largest absolute Gasteiger partial charge is 0.511 e. The maximum atomic E-state index is 13.6. The lowest BCUT2D eigenvalue weighted by atomic mass is 9.90. The van der Waals surface area contributed by atoms with Gasteiger partial charge in [-0.05, 0) is 57.3 Å². The highest BCUT2D eigenvalue weighted by atomic mass is 79.9. The molecule has 0 saturated carbocycles. The van der Waals surface area contributed by atoms with Crippen molar-refractivity contribution in [1.82, 2.24) is 15.5 Å². The summed E-state index contributed by atoms with van der Waals surface area (Å²) in [6.07, 6.45) is 0.586. The third-order valence-electron chi connectivity index (χ3n) is 6.87. The van der Waals surface area contributed by atoms with Crippen molar-refractivity contribution in [2.75, 3.05) is 19.3 Å². The molecule has 10 nitrogen and oxygen atoms in total. The SMILES string of the molecule is CNC(=O)[C@H](CC(C)C)NC(=O)C(CC(C)C)C(CN1C(=O)c2cccc3c(N)c(Br)cc(c23)C1=O)[P+](=O)O. The molecule has 1 heterocycles. The monoisotopic (exact) mass is 621 g/mol. The van der Waals surface area contributed by atoms with E-state index in [-0.39, 0.29) is 35.3 Å². The lowest BCUT2D eigenvalue weighted by molar-refractivity contribution is -0.131. The number of nitrogen functional groups attached to an aromatic ring is 1. The van der Waals surface area contributed by atoms with Gasteiger partial charge in [0, 0.05) is 33.4 Å². The van der Waals surface area contributed by atoms with E-state index in [1.807, 2.05) is 27.7 Å². The van der Waals surface area contributed by atoms with Gasteiger partial charge >= 0.3 is 8.03 Å². The van der Waals surface area contributed by atoms with Gasteiger partial charge in [0.05, 0.1) is 18.2 Å². The Labute approximate surface area is 237 Å². The first kappa shape index (κ1) is 30.7. The zero-order valence-corrected chi connectivity index (χ0v) is 25.1. The maximum absolute atomic E-state index is 13.6. The summed E-state index contributed by atoms with van der Waals surface area (Å²) in [6, 6.07) is 5.65. The molecule has 0 aromatic heterocycles. The van der Waals surface area contributed by atoms with Gasteiger partial charge in [0.1, 0.15) is 6.04 Å². The van der Waals surface area contributed by atoms with Crippen molar-refractivity contribution in [3.05, 3.63) is 39.9 Å². The minimum absolute atomic E-state index is 0.0529. The van der Waals surface area contributed by atoms with E-state index in [0.29, 0.717) is 27.4 Å². The molecule has 0 radical (unpaired) electrons. The molecule has 39 heavy (non-hydrogen) atoms. The van der Waals surface area contributed by atoms with E-state index in [1.165, 1.54) is 13.1 Å². The summed E-state index contributed by atoms with van der Waals surface area (Å²) in [5, 5.41) is 6.26. The summed E-state index contributed by atoms with van der Waals surface area (Å²) < 4.78 is 13.2. The maximum Gasteiger partial charge on any atom is 0.511 e. The Bertz CT molecular complexity index is 1330. The Hall–Kier alpha value is -2.88. The Morgan fingerprint density at radius 2 is 1.67 bits per heavy atom. The summed E-state index contributed by atoms with van der Waals surface area (Å²) in [6.45, 7) is 7.11. The minimum atomic E-state index is -3.00. The van der Waals surface area contributed by atoms with Crippen molar-refractivity contribution in [2.24, 2.45) is 17.8 Å². The van der Waals surface area contributed by atoms with Crippen LogP contribution in [-0.4, -0.2) is 58.7 Å². The standard InChI is InChI=1S/C27H34BrN4O6P/c1-13(2)9-17(24(33)31-20(10-14(3)4)25(34)30-5)21(39(37)38)12-32-26(35)16-8-6-7-15-22(16)18(27(32)36)11-19(28)23(15)29/h6-8,11,13-14,17,20-21H,9-10,12H2,1-5H3,(H4-,29,30,31,33,34,35,36,37,38)/p+1/t17?,20-,21?/m0/s1. The molecule has 12 heteroatoms. The fourth-order valence-electron chi connectivity index (χ4n) is 5.01. The highest BCUT2D eigenvalue weighted by Gasteiger charge is 2.47. The summed E-state index contributed by atoms with van der Waals surface area (Å²) in [5.41, 5.74) is 5.79. The van der Waals surface area contributed by atoms with E-state index in [1.54, 1.807) is 18.2 Å². The molecule has 1 aliphatic rings. The second kappa shape index (κ2) is 12.5. The van der Waals surface area contributed by atoms with E-state index in [4.69, 9.17) is 5.73 Å². The molecule has 2 aromatic rings. The van der Waals surface area contributed by atoms with E-state index >= 15 is 0 Å². The highest BCUT2D eigenvalue weighted by molar-refractivity contribution is 9.10. The lowest BCUT2D eigenvalue weighted by Gasteiger charge is -2.30. The summed E-state index contributed by atoms with van der Waals surface area (Å²) in [7, 11) is -1.53. The molecule has 0 saturated heterocycles. The fourth-order valence-corrected chi connectivity index (χ4v) is 6.32. The van der Waals surface area contributed by atoms with Crippen LogP contribution in [0.25, 0.3) is 10.8 Å². The first-order valence-electron chi connectivity index (χ1n) is 12.8. The van der Waals surface area contributed by atoms with Gasteiger partial charge in [-0.1, -0.05) is 39.8 Å². The number of hydrogen-bond acceptors (Lipinski definition) is 6. The second-order valence-corrected chi connectivity index (χ2v) is 12.8. The van der Waals surface area contributed by atoms with Crippen LogP contribution in [0.4, 0.5) is 5.69 Å². The van der Waals surface area contributed by atoms with Crippen LogP contribution in [0, 0.1) is 17.8 Å². The smallest absolute Gasteiger partial charge is 0.397 e.